The van der Waals surface area contributed by atoms with Crippen LogP contribution in [0.5, 0.6) is 0 Å². The van der Waals surface area contributed by atoms with Crippen molar-refractivity contribution in [2.75, 3.05) is 26.4 Å². The molecule has 0 radical (unpaired) electrons. The molecule has 0 aromatic heterocycles. The van der Waals surface area contributed by atoms with E-state index in [0.717, 1.165) is 12.8 Å². The van der Waals surface area contributed by atoms with Crippen LogP contribution >= 0.6 is 0 Å². The van der Waals surface area contributed by atoms with E-state index in [2.05, 4.69) is 5.32 Å². The SMILES string of the molecule is NC1(C(=O)NCCOC2CCCC2)CCOCC1. The zero-order valence-corrected chi connectivity index (χ0v) is 11.0. The number of hydrogen-bond acceptors (Lipinski definition) is 4. The monoisotopic (exact) mass is 256 g/mol. The first-order valence-electron chi connectivity index (χ1n) is 6.97. The van der Waals surface area contributed by atoms with E-state index in [9.17, 15) is 4.79 Å². The van der Waals surface area contributed by atoms with Crippen LogP contribution in [0.4, 0.5) is 0 Å². The summed E-state index contributed by atoms with van der Waals surface area (Å²) in [6.07, 6.45) is 6.45. The van der Waals surface area contributed by atoms with Crippen LogP contribution in [0.15, 0.2) is 0 Å². The summed E-state index contributed by atoms with van der Waals surface area (Å²) in [7, 11) is 0. The van der Waals surface area contributed by atoms with Gasteiger partial charge in [0.15, 0.2) is 0 Å². The van der Waals surface area contributed by atoms with E-state index in [-0.39, 0.29) is 5.91 Å². The maximum absolute atomic E-state index is 12.0. The molecule has 3 N–H and O–H groups in total. The molecule has 0 aromatic rings. The van der Waals surface area contributed by atoms with Crippen LogP contribution in [0.2, 0.25) is 0 Å². The van der Waals surface area contributed by atoms with Crippen molar-refractivity contribution < 1.29 is 14.3 Å². The third-order valence-corrected chi connectivity index (χ3v) is 3.88. The van der Waals surface area contributed by atoms with Gasteiger partial charge in [-0.2, -0.15) is 0 Å². The predicted octanol–water partition coefficient (Wildman–Crippen LogP) is 0.570. The van der Waals surface area contributed by atoms with Gasteiger partial charge in [0.05, 0.1) is 18.2 Å². The average Bonchev–Trinajstić information content (AvgIpc) is 2.88. The second-order valence-corrected chi connectivity index (χ2v) is 5.30. The number of amides is 1. The number of carbonyl (C=O) groups is 1. The fourth-order valence-electron chi connectivity index (χ4n) is 2.58. The van der Waals surface area contributed by atoms with Gasteiger partial charge >= 0.3 is 0 Å². The Balaban J connectivity index is 1.61. The quantitative estimate of drug-likeness (QED) is 0.705. The minimum atomic E-state index is -0.744. The summed E-state index contributed by atoms with van der Waals surface area (Å²) in [5.74, 6) is -0.0687. The molecule has 1 aliphatic heterocycles. The molecular formula is C13H24N2O3. The van der Waals surface area contributed by atoms with Gasteiger partial charge in [0.2, 0.25) is 5.91 Å². The van der Waals surface area contributed by atoms with Gasteiger partial charge in [-0.15, -0.1) is 0 Å². The zero-order chi connectivity index (χ0) is 12.8. The Morgan fingerprint density at radius 1 is 1.33 bits per heavy atom. The highest BCUT2D eigenvalue weighted by molar-refractivity contribution is 5.86. The molecule has 0 unspecified atom stereocenters. The molecule has 1 aliphatic carbocycles. The second-order valence-electron chi connectivity index (χ2n) is 5.30. The predicted molar refractivity (Wildman–Crippen MR) is 68.2 cm³/mol. The topological polar surface area (TPSA) is 73.6 Å². The van der Waals surface area contributed by atoms with Crippen molar-refractivity contribution in [3.05, 3.63) is 0 Å². The zero-order valence-electron chi connectivity index (χ0n) is 11.0. The molecule has 5 nitrogen and oxygen atoms in total. The molecule has 2 rings (SSSR count). The van der Waals surface area contributed by atoms with Gasteiger partial charge in [0.25, 0.3) is 0 Å². The van der Waals surface area contributed by atoms with Crippen LogP contribution in [-0.4, -0.2) is 43.9 Å². The number of hydrogen-bond donors (Lipinski definition) is 2. The molecule has 1 saturated heterocycles. The minimum absolute atomic E-state index is 0.0687. The molecule has 2 fully saturated rings. The molecule has 1 amide bonds. The summed E-state index contributed by atoms with van der Waals surface area (Å²) < 4.78 is 10.9. The van der Waals surface area contributed by atoms with Crippen molar-refractivity contribution in [1.82, 2.24) is 5.32 Å². The molecule has 2 aliphatic rings. The van der Waals surface area contributed by atoms with Gasteiger partial charge in [0.1, 0.15) is 0 Å². The van der Waals surface area contributed by atoms with Crippen LogP contribution in [-0.2, 0) is 14.3 Å². The first kappa shape index (κ1) is 13.8. The molecule has 5 heteroatoms. The highest BCUT2D eigenvalue weighted by Crippen LogP contribution is 2.20. The Hall–Kier alpha value is -0.650. The standard InChI is InChI=1S/C13H24N2O3/c14-13(5-8-17-9-6-13)12(16)15-7-10-18-11-3-1-2-4-11/h11H,1-10,14H2,(H,15,16). The Bertz CT molecular complexity index is 271. The lowest BCUT2D eigenvalue weighted by molar-refractivity contribution is -0.130. The average molecular weight is 256 g/mol. The van der Waals surface area contributed by atoms with Crippen molar-refractivity contribution in [1.29, 1.82) is 0 Å². The first-order valence-corrected chi connectivity index (χ1v) is 6.97. The van der Waals surface area contributed by atoms with Crippen LogP contribution < -0.4 is 11.1 Å². The molecule has 104 valence electrons. The van der Waals surface area contributed by atoms with Crippen molar-refractivity contribution in [3.63, 3.8) is 0 Å². The van der Waals surface area contributed by atoms with E-state index in [4.69, 9.17) is 15.2 Å². The maximum Gasteiger partial charge on any atom is 0.240 e. The summed E-state index contributed by atoms with van der Waals surface area (Å²) in [5.41, 5.74) is 5.33. The Kier molecular flexibility index (Phi) is 4.97. The Morgan fingerprint density at radius 2 is 2.00 bits per heavy atom. The lowest BCUT2D eigenvalue weighted by Crippen LogP contribution is -2.57. The molecule has 0 aromatic carbocycles. The first-order chi connectivity index (χ1) is 8.71. The van der Waals surface area contributed by atoms with Gasteiger partial charge in [-0.05, 0) is 25.7 Å². The molecule has 1 heterocycles. The highest BCUT2D eigenvalue weighted by atomic mass is 16.5. The van der Waals surface area contributed by atoms with Crippen LogP contribution in [0, 0.1) is 0 Å². The van der Waals surface area contributed by atoms with E-state index in [1.807, 2.05) is 0 Å². The lowest BCUT2D eigenvalue weighted by Gasteiger charge is -2.31. The molecule has 0 atom stereocenters. The molecule has 18 heavy (non-hydrogen) atoms. The van der Waals surface area contributed by atoms with E-state index < -0.39 is 5.54 Å². The summed E-state index contributed by atoms with van der Waals surface area (Å²) in [5, 5.41) is 2.87. The van der Waals surface area contributed by atoms with Crippen molar-refractivity contribution >= 4 is 5.91 Å². The van der Waals surface area contributed by atoms with Gasteiger partial charge in [-0.1, -0.05) is 12.8 Å². The summed E-state index contributed by atoms with van der Waals surface area (Å²) in [6, 6.07) is 0. The Labute approximate surface area is 108 Å². The van der Waals surface area contributed by atoms with Gasteiger partial charge in [-0.3, -0.25) is 4.79 Å². The lowest BCUT2D eigenvalue weighted by atomic mass is 9.90. The smallest absolute Gasteiger partial charge is 0.240 e. The van der Waals surface area contributed by atoms with Crippen LogP contribution in [0.1, 0.15) is 38.5 Å². The molecule has 1 saturated carbocycles. The van der Waals surface area contributed by atoms with Crippen molar-refractivity contribution in [2.24, 2.45) is 5.73 Å². The van der Waals surface area contributed by atoms with E-state index in [0.29, 0.717) is 45.3 Å². The molecule has 0 spiro atoms. The van der Waals surface area contributed by atoms with Gasteiger partial charge in [-0.25, -0.2) is 0 Å². The van der Waals surface area contributed by atoms with E-state index >= 15 is 0 Å². The third-order valence-electron chi connectivity index (χ3n) is 3.88. The van der Waals surface area contributed by atoms with Crippen molar-refractivity contribution in [2.45, 2.75) is 50.2 Å². The van der Waals surface area contributed by atoms with Gasteiger partial charge in [0, 0.05) is 19.8 Å². The summed E-state index contributed by atoms with van der Waals surface area (Å²) in [4.78, 5) is 12.0. The van der Waals surface area contributed by atoms with Crippen LogP contribution in [0.25, 0.3) is 0 Å². The third kappa shape index (κ3) is 3.67. The van der Waals surface area contributed by atoms with E-state index in [1.165, 1.54) is 12.8 Å². The number of nitrogens with two attached hydrogens (primary N) is 1. The number of carbonyl (C=O) groups excluding carboxylic acids is 1. The van der Waals surface area contributed by atoms with Crippen molar-refractivity contribution in [3.8, 4) is 0 Å². The fraction of sp³-hybridized carbons (Fsp3) is 0.923. The number of rotatable bonds is 5. The largest absolute Gasteiger partial charge is 0.381 e. The van der Waals surface area contributed by atoms with E-state index in [1.54, 1.807) is 0 Å². The van der Waals surface area contributed by atoms with Gasteiger partial charge < -0.3 is 20.5 Å². The fourth-order valence-corrected chi connectivity index (χ4v) is 2.58. The Morgan fingerprint density at radius 3 is 2.67 bits per heavy atom. The molecule has 0 bridgehead atoms. The minimum Gasteiger partial charge on any atom is -0.381 e. The molecular weight excluding hydrogens is 232 g/mol. The summed E-state index contributed by atoms with van der Waals surface area (Å²) >= 11 is 0. The normalized spacial score (nSPS) is 24.1. The number of nitrogens with one attached hydrogen (secondary N) is 1. The second kappa shape index (κ2) is 6.50. The summed E-state index contributed by atoms with van der Waals surface area (Å²) in [6.45, 7) is 2.28. The maximum atomic E-state index is 12.0. The highest BCUT2D eigenvalue weighted by Gasteiger charge is 2.35. The van der Waals surface area contributed by atoms with Crippen LogP contribution in [0.3, 0.4) is 0 Å². The number of ether oxygens (including phenoxy) is 2.